The van der Waals surface area contributed by atoms with E-state index in [1.165, 1.54) is 19.1 Å². The number of fused-ring (bicyclic) bond motifs is 1. The van der Waals surface area contributed by atoms with Crippen LogP contribution < -0.4 is 10.1 Å². The summed E-state index contributed by atoms with van der Waals surface area (Å²) in [5, 5.41) is 2.86. The van der Waals surface area contributed by atoms with E-state index in [0.29, 0.717) is 12.4 Å². The Morgan fingerprint density at radius 3 is 3.12 bits per heavy atom. The molecule has 0 saturated heterocycles. The van der Waals surface area contributed by atoms with Gasteiger partial charge in [0.2, 0.25) is 5.91 Å². The molecule has 1 amide bonds. The van der Waals surface area contributed by atoms with Crippen molar-refractivity contribution >= 4 is 5.91 Å². The van der Waals surface area contributed by atoms with Crippen LogP contribution in [-0.2, 0) is 4.79 Å². The molecule has 0 fully saturated rings. The molecule has 1 aliphatic rings. The average molecular weight is 223 g/mol. The molecular formula is C12H14FNO2. The van der Waals surface area contributed by atoms with Crippen LogP contribution in [0.5, 0.6) is 5.75 Å². The van der Waals surface area contributed by atoms with Crippen LogP contribution in [-0.4, -0.2) is 12.5 Å². The molecule has 0 aromatic heterocycles. The number of hydrogen-bond acceptors (Lipinski definition) is 2. The van der Waals surface area contributed by atoms with E-state index in [-0.39, 0.29) is 17.8 Å². The van der Waals surface area contributed by atoms with Crippen LogP contribution in [0.15, 0.2) is 18.2 Å². The summed E-state index contributed by atoms with van der Waals surface area (Å²) in [4.78, 5) is 11.1. The lowest BCUT2D eigenvalue weighted by molar-refractivity contribution is -0.119. The van der Waals surface area contributed by atoms with Crippen molar-refractivity contribution in [3.05, 3.63) is 29.6 Å². The van der Waals surface area contributed by atoms with Crippen LogP contribution in [0.3, 0.4) is 0 Å². The summed E-state index contributed by atoms with van der Waals surface area (Å²) in [6, 6.07) is 4.37. The molecule has 1 atom stereocenters. The van der Waals surface area contributed by atoms with Crippen molar-refractivity contribution in [3.8, 4) is 5.75 Å². The molecular weight excluding hydrogens is 209 g/mol. The molecule has 0 radical (unpaired) electrons. The normalized spacial score (nSPS) is 19.2. The van der Waals surface area contributed by atoms with E-state index >= 15 is 0 Å². The van der Waals surface area contributed by atoms with Gasteiger partial charge in [0, 0.05) is 18.6 Å². The molecule has 0 bridgehead atoms. The number of benzene rings is 1. The van der Waals surface area contributed by atoms with Gasteiger partial charge in [0.1, 0.15) is 11.6 Å². The minimum absolute atomic E-state index is 0.0735. The summed E-state index contributed by atoms with van der Waals surface area (Å²) in [7, 11) is 0. The highest BCUT2D eigenvalue weighted by molar-refractivity contribution is 5.73. The number of amides is 1. The first-order valence-electron chi connectivity index (χ1n) is 5.36. The zero-order valence-corrected chi connectivity index (χ0v) is 9.13. The molecule has 1 aliphatic heterocycles. The van der Waals surface area contributed by atoms with Gasteiger partial charge in [-0.05, 0) is 18.9 Å². The standard InChI is InChI=1S/C12H14FNO2/c1-8(15)14-11-3-2-6-16-12-7-9(13)4-5-10(11)12/h4-5,7,11H,2-3,6H2,1H3,(H,14,15)/t11-/m0/s1. The Hall–Kier alpha value is -1.58. The first-order chi connectivity index (χ1) is 7.66. The number of carbonyl (C=O) groups is 1. The molecule has 0 spiro atoms. The number of ether oxygens (including phenoxy) is 1. The minimum atomic E-state index is -0.317. The molecule has 4 heteroatoms. The Balaban J connectivity index is 2.32. The van der Waals surface area contributed by atoms with Gasteiger partial charge in [0.25, 0.3) is 0 Å². The second-order valence-corrected chi connectivity index (χ2v) is 3.93. The Bertz CT molecular complexity index is 406. The van der Waals surface area contributed by atoms with Gasteiger partial charge in [-0.1, -0.05) is 6.07 Å². The number of hydrogen-bond donors (Lipinski definition) is 1. The molecule has 86 valence electrons. The Kier molecular flexibility index (Phi) is 3.08. The highest BCUT2D eigenvalue weighted by Crippen LogP contribution is 2.31. The Morgan fingerprint density at radius 2 is 2.38 bits per heavy atom. The lowest BCUT2D eigenvalue weighted by Crippen LogP contribution is -2.25. The first kappa shape index (κ1) is 10.9. The molecule has 0 unspecified atom stereocenters. The third-order valence-corrected chi connectivity index (χ3v) is 2.62. The van der Waals surface area contributed by atoms with E-state index in [1.54, 1.807) is 6.07 Å². The Labute approximate surface area is 93.6 Å². The van der Waals surface area contributed by atoms with Gasteiger partial charge in [-0.25, -0.2) is 4.39 Å². The van der Waals surface area contributed by atoms with Gasteiger partial charge in [0.05, 0.1) is 12.6 Å². The van der Waals surface area contributed by atoms with E-state index in [4.69, 9.17) is 4.74 Å². The van der Waals surface area contributed by atoms with E-state index < -0.39 is 0 Å². The fraction of sp³-hybridized carbons (Fsp3) is 0.417. The number of carbonyl (C=O) groups excluding carboxylic acids is 1. The van der Waals surface area contributed by atoms with Gasteiger partial charge >= 0.3 is 0 Å². The first-order valence-corrected chi connectivity index (χ1v) is 5.36. The molecule has 1 aromatic carbocycles. The van der Waals surface area contributed by atoms with Gasteiger partial charge < -0.3 is 10.1 Å². The minimum Gasteiger partial charge on any atom is -0.493 e. The van der Waals surface area contributed by atoms with Crippen molar-refractivity contribution < 1.29 is 13.9 Å². The van der Waals surface area contributed by atoms with Crippen LogP contribution in [0.2, 0.25) is 0 Å². The van der Waals surface area contributed by atoms with Gasteiger partial charge in [-0.15, -0.1) is 0 Å². The monoisotopic (exact) mass is 223 g/mol. The predicted octanol–water partition coefficient (Wildman–Crippen LogP) is 2.18. The maximum Gasteiger partial charge on any atom is 0.217 e. The molecule has 2 rings (SSSR count). The third-order valence-electron chi connectivity index (χ3n) is 2.62. The van der Waals surface area contributed by atoms with Crippen molar-refractivity contribution in [1.29, 1.82) is 0 Å². The summed E-state index contributed by atoms with van der Waals surface area (Å²) >= 11 is 0. The topological polar surface area (TPSA) is 38.3 Å². The van der Waals surface area contributed by atoms with Gasteiger partial charge in [-0.2, -0.15) is 0 Å². The molecule has 1 N–H and O–H groups in total. The van der Waals surface area contributed by atoms with Crippen molar-refractivity contribution in [3.63, 3.8) is 0 Å². The highest BCUT2D eigenvalue weighted by Gasteiger charge is 2.20. The summed E-state index contributed by atoms with van der Waals surface area (Å²) in [5.74, 6) is 0.139. The highest BCUT2D eigenvalue weighted by atomic mass is 19.1. The maximum absolute atomic E-state index is 13.0. The predicted molar refractivity (Wildman–Crippen MR) is 57.7 cm³/mol. The van der Waals surface area contributed by atoms with E-state index in [0.717, 1.165) is 18.4 Å². The molecule has 1 aromatic rings. The molecule has 0 aliphatic carbocycles. The zero-order valence-electron chi connectivity index (χ0n) is 9.13. The summed E-state index contributed by atoms with van der Waals surface area (Å²) in [6.45, 7) is 2.04. The molecule has 1 heterocycles. The van der Waals surface area contributed by atoms with E-state index in [1.807, 2.05) is 0 Å². The van der Waals surface area contributed by atoms with Crippen LogP contribution in [0.4, 0.5) is 4.39 Å². The van der Waals surface area contributed by atoms with Crippen LogP contribution >= 0.6 is 0 Å². The largest absolute Gasteiger partial charge is 0.493 e. The van der Waals surface area contributed by atoms with E-state index in [2.05, 4.69) is 5.32 Å². The molecule has 0 saturated carbocycles. The summed E-state index contributed by atoms with van der Waals surface area (Å²) in [6.07, 6.45) is 1.67. The quantitative estimate of drug-likeness (QED) is 0.792. The fourth-order valence-corrected chi connectivity index (χ4v) is 1.94. The fourth-order valence-electron chi connectivity index (χ4n) is 1.94. The second kappa shape index (κ2) is 4.51. The van der Waals surface area contributed by atoms with Crippen LogP contribution in [0.25, 0.3) is 0 Å². The summed E-state index contributed by atoms with van der Waals surface area (Å²) < 4.78 is 18.5. The molecule has 3 nitrogen and oxygen atoms in total. The van der Waals surface area contributed by atoms with Crippen molar-refractivity contribution in [2.24, 2.45) is 0 Å². The number of rotatable bonds is 1. The maximum atomic E-state index is 13.0. The van der Waals surface area contributed by atoms with Crippen molar-refractivity contribution in [1.82, 2.24) is 5.32 Å². The van der Waals surface area contributed by atoms with Gasteiger partial charge in [-0.3, -0.25) is 4.79 Å². The lowest BCUT2D eigenvalue weighted by Gasteiger charge is -2.17. The Morgan fingerprint density at radius 1 is 1.56 bits per heavy atom. The van der Waals surface area contributed by atoms with Crippen molar-refractivity contribution in [2.75, 3.05) is 6.61 Å². The van der Waals surface area contributed by atoms with Crippen LogP contribution in [0, 0.1) is 5.82 Å². The average Bonchev–Trinajstić information content (AvgIpc) is 2.40. The smallest absolute Gasteiger partial charge is 0.217 e. The second-order valence-electron chi connectivity index (χ2n) is 3.93. The van der Waals surface area contributed by atoms with Crippen LogP contribution in [0.1, 0.15) is 31.4 Å². The number of halogens is 1. The van der Waals surface area contributed by atoms with Gasteiger partial charge in [0.15, 0.2) is 0 Å². The number of nitrogens with one attached hydrogen (secondary N) is 1. The SMILES string of the molecule is CC(=O)N[C@H]1CCCOc2cc(F)ccc21. The molecule has 16 heavy (non-hydrogen) atoms. The lowest BCUT2D eigenvalue weighted by atomic mass is 10.0. The zero-order chi connectivity index (χ0) is 11.5. The third kappa shape index (κ3) is 2.32. The van der Waals surface area contributed by atoms with E-state index in [9.17, 15) is 9.18 Å². The van der Waals surface area contributed by atoms with Crippen molar-refractivity contribution in [2.45, 2.75) is 25.8 Å². The summed E-state index contributed by atoms with van der Waals surface area (Å²) in [5.41, 5.74) is 0.856.